The Morgan fingerprint density at radius 3 is 2.10 bits per heavy atom. The molecule has 2 aromatic carbocycles. The van der Waals surface area contributed by atoms with Crippen LogP contribution in [-0.4, -0.2) is 41.2 Å². The molecule has 0 unspecified atom stereocenters. The number of nitrogens with one attached hydrogen (secondary N) is 1. The van der Waals surface area contributed by atoms with Gasteiger partial charge >= 0.3 is 5.97 Å². The first-order chi connectivity index (χ1) is 13.8. The second-order valence-corrected chi connectivity index (χ2v) is 6.66. The Kier molecular flexibility index (Phi) is 5.72. The molecule has 0 aliphatic carbocycles. The molecule has 0 spiro atoms. The maximum Gasteiger partial charge on any atom is 0.326 e. The molecule has 150 valence electrons. The topological polar surface area (TPSA) is 92.8 Å². The van der Waals surface area contributed by atoms with Gasteiger partial charge in [0.05, 0.1) is 17.2 Å². The lowest BCUT2D eigenvalue weighted by molar-refractivity contribution is -0.155. The summed E-state index contributed by atoms with van der Waals surface area (Å²) in [6.07, 6.45) is -1.14. The molecule has 29 heavy (non-hydrogen) atoms. The van der Waals surface area contributed by atoms with Crippen molar-refractivity contribution in [2.75, 3.05) is 6.54 Å². The highest BCUT2D eigenvalue weighted by atomic mass is 19.1. The van der Waals surface area contributed by atoms with Crippen LogP contribution in [0.2, 0.25) is 0 Å². The van der Waals surface area contributed by atoms with Crippen molar-refractivity contribution in [2.45, 2.75) is 26.0 Å². The summed E-state index contributed by atoms with van der Waals surface area (Å²) >= 11 is 0. The van der Waals surface area contributed by atoms with Gasteiger partial charge in [-0.1, -0.05) is 24.3 Å². The fourth-order valence-corrected chi connectivity index (χ4v) is 2.97. The van der Waals surface area contributed by atoms with Crippen molar-refractivity contribution < 1.29 is 28.3 Å². The molecule has 2 atom stereocenters. The summed E-state index contributed by atoms with van der Waals surface area (Å²) in [6.45, 7) is 2.50. The van der Waals surface area contributed by atoms with Gasteiger partial charge < -0.3 is 10.1 Å². The van der Waals surface area contributed by atoms with Gasteiger partial charge in [-0.3, -0.25) is 24.1 Å². The molecular formula is C21H19FN2O5. The maximum atomic E-state index is 13.0. The molecule has 8 heteroatoms. The summed E-state index contributed by atoms with van der Waals surface area (Å²) in [6, 6.07) is 11.5. The van der Waals surface area contributed by atoms with Crippen molar-refractivity contribution >= 4 is 23.7 Å². The number of benzene rings is 2. The Labute approximate surface area is 166 Å². The number of hydrogen-bond acceptors (Lipinski definition) is 5. The molecule has 3 rings (SSSR count). The average molecular weight is 398 g/mol. The summed E-state index contributed by atoms with van der Waals surface area (Å²) in [5, 5.41) is 2.66. The molecule has 3 amide bonds. The molecule has 0 fully saturated rings. The van der Waals surface area contributed by atoms with Crippen molar-refractivity contribution in [1.29, 1.82) is 0 Å². The number of hydrogen-bond donors (Lipinski definition) is 1. The lowest BCUT2D eigenvalue weighted by Crippen LogP contribution is -2.41. The van der Waals surface area contributed by atoms with E-state index < -0.39 is 42.4 Å². The molecule has 1 aliphatic heterocycles. The molecular weight excluding hydrogens is 379 g/mol. The summed E-state index contributed by atoms with van der Waals surface area (Å²) in [5.74, 6) is -2.98. The number of nitrogens with zero attached hydrogens (tertiary/aromatic N) is 1. The molecule has 2 aromatic rings. The summed E-state index contributed by atoms with van der Waals surface area (Å²) in [7, 11) is 0. The third-order valence-corrected chi connectivity index (χ3v) is 4.57. The van der Waals surface area contributed by atoms with Crippen LogP contribution in [-0.2, 0) is 14.3 Å². The van der Waals surface area contributed by atoms with E-state index in [1.807, 2.05) is 0 Å². The first-order valence-corrected chi connectivity index (χ1v) is 8.98. The Morgan fingerprint density at radius 1 is 1.00 bits per heavy atom. The van der Waals surface area contributed by atoms with E-state index in [2.05, 4.69) is 5.32 Å². The van der Waals surface area contributed by atoms with Gasteiger partial charge in [-0.05, 0) is 43.7 Å². The highest BCUT2D eigenvalue weighted by molar-refractivity contribution is 6.22. The second kappa shape index (κ2) is 8.22. The number of fused-ring (bicyclic) bond motifs is 1. The van der Waals surface area contributed by atoms with E-state index in [9.17, 15) is 23.6 Å². The minimum Gasteiger partial charge on any atom is -0.451 e. The van der Waals surface area contributed by atoms with E-state index in [0.717, 1.165) is 4.90 Å². The Bertz CT molecular complexity index is 938. The summed E-state index contributed by atoms with van der Waals surface area (Å²) in [5.41, 5.74) is 1.14. The van der Waals surface area contributed by atoms with Crippen molar-refractivity contribution in [2.24, 2.45) is 0 Å². The third kappa shape index (κ3) is 4.31. The third-order valence-electron chi connectivity index (χ3n) is 4.57. The van der Waals surface area contributed by atoms with E-state index in [1.165, 1.54) is 31.2 Å². The van der Waals surface area contributed by atoms with E-state index in [1.54, 1.807) is 31.2 Å². The fraction of sp³-hybridized carbons (Fsp3) is 0.238. The van der Waals surface area contributed by atoms with Crippen LogP contribution in [0.15, 0.2) is 48.5 Å². The molecule has 0 aromatic heterocycles. The molecule has 1 aliphatic rings. The summed E-state index contributed by atoms with van der Waals surface area (Å²) in [4.78, 5) is 49.8. The van der Waals surface area contributed by atoms with Crippen molar-refractivity contribution in [3.05, 3.63) is 71.0 Å². The van der Waals surface area contributed by atoms with Gasteiger partial charge in [0.15, 0.2) is 6.10 Å². The number of carbonyl (C=O) groups is 4. The van der Waals surface area contributed by atoms with Crippen molar-refractivity contribution in [1.82, 2.24) is 10.2 Å². The Balaban J connectivity index is 1.55. The van der Waals surface area contributed by atoms with E-state index in [4.69, 9.17) is 4.74 Å². The van der Waals surface area contributed by atoms with E-state index in [0.29, 0.717) is 5.56 Å². The van der Waals surface area contributed by atoms with Gasteiger partial charge in [-0.2, -0.15) is 0 Å². The van der Waals surface area contributed by atoms with Crippen LogP contribution in [0.1, 0.15) is 46.2 Å². The van der Waals surface area contributed by atoms with Gasteiger partial charge in [-0.25, -0.2) is 4.39 Å². The predicted octanol–water partition coefficient (Wildman–Crippen LogP) is 2.23. The molecule has 1 heterocycles. The first-order valence-electron chi connectivity index (χ1n) is 8.98. The zero-order valence-electron chi connectivity index (χ0n) is 15.8. The standard InChI is InChI=1S/C21H19FN2O5/c1-12(14-7-9-15(22)10-8-14)23-19(26)13(2)29-18(25)11-24-20(27)16-5-3-4-6-17(16)21(24)28/h3-10,12-13H,11H2,1-2H3,(H,23,26)/t12-,13-/m1/s1. The minimum absolute atomic E-state index is 0.226. The van der Waals surface area contributed by atoms with Gasteiger partial charge in [-0.15, -0.1) is 0 Å². The zero-order chi connectivity index (χ0) is 21.1. The van der Waals surface area contributed by atoms with Gasteiger partial charge in [0.1, 0.15) is 12.4 Å². The Morgan fingerprint density at radius 2 is 1.55 bits per heavy atom. The summed E-state index contributed by atoms with van der Waals surface area (Å²) < 4.78 is 18.1. The van der Waals surface area contributed by atoms with Gasteiger partial charge in [0, 0.05) is 0 Å². The number of imide groups is 1. The number of amides is 3. The first kappa shape index (κ1) is 20.2. The molecule has 0 radical (unpaired) electrons. The van der Waals surface area contributed by atoms with E-state index >= 15 is 0 Å². The number of halogens is 1. The lowest BCUT2D eigenvalue weighted by atomic mass is 10.1. The van der Waals surface area contributed by atoms with Gasteiger partial charge in [0.2, 0.25) is 0 Å². The van der Waals surface area contributed by atoms with Crippen LogP contribution in [0, 0.1) is 5.82 Å². The molecule has 0 bridgehead atoms. The number of ether oxygens (including phenoxy) is 1. The van der Waals surface area contributed by atoms with Gasteiger partial charge in [0.25, 0.3) is 17.7 Å². The fourth-order valence-electron chi connectivity index (χ4n) is 2.97. The minimum atomic E-state index is -1.14. The lowest BCUT2D eigenvalue weighted by Gasteiger charge is -2.19. The van der Waals surface area contributed by atoms with Crippen LogP contribution in [0.3, 0.4) is 0 Å². The highest BCUT2D eigenvalue weighted by Gasteiger charge is 2.37. The van der Waals surface area contributed by atoms with Crippen LogP contribution >= 0.6 is 0 Å². The smallest absolute Gasteiger partial charge is 0.326 e. The van der Waals surface area contributed by atoms with Crippen LogP contribution in [0.25, 0.3) is 0 Å². The van der Waals surface area contributed by atoms with Crippen LogP contribution < -0.4 is 5.32 Å². The predicted molar refractivity (Wildman–Crippen MR) is 100 cm³/mol. The normalized spacial score (nSPS) is 14.9. The second-order valence-electron chi connectivity index (χ2n) is 6.66. The quantitative estimate of drug-likeness (QED) is 0.595. The molecule has 7 nitrogen and oxygen atoms in total. The highest BCUT2D eigenvalue weighted by Crippen LogP contribution is 2.22. The monoisotopic (exact) mass is 398 g/mol. The van der Waals surface area contributed by atoms with Crippen LogP contribution in [0.4, 0.5) is 4.39 Å². The molecule has 0 saturated carbocycles. The van der Waals surface area contributed by atoms with Crippen LogP contribution in [0.5, 0.6) is 0 Å². The maximum absolute atomic E-state index is 13.0. The molecule has 1 N–H and O–H groups in total. The van der Waals surface area contributed by atoms with Crippen molar-refractivity contribution in [3.8, 4) is 0 Å². The number of carbonyl (C=O) groups excluding carboxylic acids is 4. The Hall–Kier alpha value is -3.55. The molecule has 0 saturated heterocycles. The van der Waals surface area contributed by atoms with E-state index in [-0.39, 0.29) is 16.9 Å². The largest absolute Gasteiger partial charge is 0.451 e. The number of esters is 1. The zero-order valence-corrected chi connectivity index (χ0v) is 15.8. The average Bonchev–Trinajstić information content (AvgIpc) is 2.93. The van der Waals surface area contributed by atoms with Crippen molar-refractivity contribution in [3.63, 3.8) is 0 Å². The number of rotatable bonds is 6. The SMILES string of the molecule is C[C@@H](OC(=O)CN1C(=O)c2ccccc2C1=O)C(=O)N[C@H](C)c1ccc(F)cc1.